The minimum atomic E-state index is -1.09. The van der Waals surface area contributed by atoms with E-state index < -0.39 is 5.54 Å². The number of rotatable bonds is 4. The van der Waals surface area contributed by atoms with Crippen LogP contribution in [0, 0.1) is 0 Å². The molecule has 1 aliphatic rings. The first kappa shape index (κ1) is 17.1. The van der Waals surface area contributed by atoms with Gasteiger partial charge in [0.2, 0.25) is 5.91 Å². The molecule has 1 aromatic heterocycles. The lowest BCUT2D eigenvalue weighted by Gasteiger charge is -2.24. The Morgan fingerprint density at radius 2 is 2.04 bits per heavy atom. The van der Waals surface area contributed by atoms with E-state index >= 15 is 0 Å². The first-order valence-corrected chi connectivity index (χ1v) is 9.02. The average Bonchev–Trinajstić information content (AvgIpc) is 2.79. The number of hydrogen-bond acceptors (Lipinski definition) is 4. The van der Waals surface area contributed by atoms with Gasteiger partial charge in [0.25, 0.3) is 0 Å². The summed E-state index contributed by atoms with van der Waals surface area (Å²) in [5.74, 6) is 1.59. The van der Waals surface area contributed by atoms with Crippen molar-refractivity contribution >= 4 is 21.8 Å². The maximum absolute atomic E-state index is 12.6. The first-order valence-electron chi connectivity index (χ1n) is 8.22. The third-order valence-electron chi connectivity index (χ3n) is 4.51. The summed E-state index contributed by atoms with van der Waals surface area (Å²) in [6, 6.07) is 7.47. The van der Waals surface area contributed by atoms with Gasteiger partial charge in [-0.1, -0.05) is 34.5 Å². The molecule has 1 amide bonds. The van der Waals surface area contributed by atoms with E-state index in [1.165, 1.54) is 6.42 Å². The number of nitrogens with one attached hydrogen (secondary N) is 1. The van der Waals surface area contributed by atoms with Crippen molar-refractivity contribution in [3.05, 3.63) is 46.0 Å². The van der Waals surface area contributed by atoms with Crippen molar-refractivity contribution in [1.82, 2.24) is 20.1 Å². The Bertz CT molecular complexity index is 723. The zero-order valence-electron chi connectivity index (χ0n) is 13.8. The molecule has 2 aromatic rings. The van der Waals surface area contributed by atoms with Crippen LogP contribution >= 0.6 is 15.9 Å². The van der Waals surface area contributed by atoms with Gasteiger partial charge in [0, 0.05) is 17.4 Å². The molecule has 0 spiro atoms. The lowest BCUT2D eigenvalue weighted by molar-refractivity contribution is -0.126. The van der Waals surface area contributed by atoms with Crippen LogP contribution in [0.1, 0.15) is 43.4 Å². The highest BCUT2D eigenvalue weighted by Crippen LogP contribution is 2.21. The van der Waals surface area contributed by atoms with Crippen LogP contribution in [0.5, 0.6) is 0 Å². The largest absolute Gasteiger partial charge is 0.347 e. The van der Waals surface area contributed by atoms with E-state index in [0.29, 0.717) is 6.54 Å². The van der Waals surface area contributed by atoms with E-state index in [2.05, 4.69) is 36.0 Å². The molecule has 0 saturated heterocycles. The van der Waals surface area contributed by atoms with Crippen molar-refractivity contribution in [2.45, 2.75) is 51.2 Å². The van der Waals surface area contributed by atoms with E-state index in [9.17, 15) is 4.79 Å². The monoisotopic (exact) mass is 391 g/mol. The van der Waals surface area contributed by atoms with Crippen LogP contribution in [-0.2, 0) is 29.8 Å². The fraction of sp³-hybridized carbons (Fsp3) is 0.471. The predicted octanol–water partition coefficient (Wildman–Crippen LogP) is 2.26. The highest BCUT2D eigenvalue weighted by atomic mass is 79.9. The summed E-state index contributed by atoms with van der Waals surface area (Å²) >= 11 is 3.39. The van der Waals surface area contributed by atoms with Crippen LogP contribution in [0.4, 0.5) is 0 Å². The molecular formula is C17H22BrN5O. The van der Waals surface area contributed by atoms with Crippen molar-refractivity contribution in [3.63, 3.8) is 0 Å². The van der Waals surface area contributed by atoms with Gasteiger partial charge >= 0.3 is 0 Å². The van der Waals surface area contributed by atoms with Crippen molar-refractivity contribution in [1.29, 1.82) is 0 Å². The lowest BCUT2D eigenvalue weighted by atomic mass is 9.92. The number of aryl methyl sites for hydroxylation is 1. The molecule has 24 heavy (non-hydrogen) atoms. The Hall–Kier alpha value is -1.73. The van der Waals surface area contributed by atoms with Gasteiger partial charge < -0.3 is 15.6 Å². The van der Waals surface area contributed by atoms with Crippen LogP contribution in [0.2, 0.25) is 0 Å². The molecule has 1 aromatic carbocycles. The van der Waals surface area contributed by atoms with Gasteiger partial charge in [-0.2, -0.15) is 0 Å². The first-order chi connectivity index (χ1) is 11.5. The van der Waals surface area contributed by atoms with Gasteiger partial charge in [0.1, 0.15) is 11.4 Å². The van der Waals surface area contributed by atoms with Gasteiger partial charge in [0.05, 0.1) is 6.54 Å². The molecule has 2 heterocycles. The standard InChI is InChI=1S/C17H22BrN5O/c1-17(19,12-6-8-13(18)9-7-12)16(24)20-11-15-22-21-14-5-3-2-4-10-23(14)15/h6-9H,2-5,10-11,19H2,1H3,(H,20,24). The molecule has 128 valence electrons. The van der Waals surface area contributed by atoms with Gasteiger partial charge in [-0.05, 0) is 37.5 Å². The Kier molecular flexibility index (Phi) is 5.01. The number of nitrogens with zero attached hydrogens (tertiary/aromatic N) is 3. The third-order valence-corrected chi connectivity index (χ3v) is 5.04. The van der Waals surface area contributed by atoms with Crippen LogP contribution in [0.25, 0.3) is 0 Å². The average molecular weight is 392 g/mol. The third kappa shape index (κ3) is 3.52. The maximum atomic E-state index is 12.6. The molecule has 3 N–H and O–H groups in total. The molecule has 1 unspecified atom stereocenters. The number of hydrogen-bond donors (Lipinski definition) is 2. The minimum absolute atomic E-state index is 0.226. The van der Waals surface area contributed by atoms with Crippen molar-refractivity contribution in [2.24, 2.45) is 5.73 Å². The normalized spacial score (nSPS) is 16.8. The second-order valence-electron chi connectivity index (χ2n) is 6.39. The number of amides is 1. The van der Waals surface area contributed by atoms with E-state index in [4.69, 9.17) is 5.73 Å². The zero-order valence-corrected chi connectivity index (χ0v) is 15.3. The SMILES string of the molecule is CC(N)(C(=O)NCc1nnc2n1CCCCC2)c1ccc(Br)cc1. The highest BCUT2D eigenvalue weighted by Gasteiger charge is 2.30. The molecule has 0 saturated carbocycles. The number of halogens is 1. The molecule has 0 radical (unpaired) electrons. The summed E-state index contributed by atoms with van der Waals surface area (Å²) in [5.41, 5.74) is 5.94. The summed E-state index contributed by atoms with van der Waals surface area (Å²) in [6.45, 7) is 2.98. The number of aromatic nitrogens is 3. The van der Waals surface area contributed by atoms with E-state index in [1.54, 1.807) is 6.92 Å². The highest BCUT2D eigenvalue weighted by molar-refractivity contribution is 9.10. The summed E-state index contributed by atoms with van der Waals surface area (Å²) < 4.78 is 3.08. The number of benzene rings is 1. The van der Waals surface area contributed by atoms with Crippen molar-refractivity contribution < 1.29 is 4.79 Å². The molecule has 3 rings (SSSR count). The van der Waals surface area contributed by atoms with E-state index in [-0.39, 0.29) is 5.91 Å². The number of fused-ring (bicyclic) bond motifs is 1. The molecule has 0 aliphatic carbocycles. The van der Waals surface area contributed by atoms with Gasteiger partial charge in [0.15, 0.2) is 5.82 Å². The Morgan fingerprint density at radius 3 is 2.79 bits per heavy atom. The Balaban J connectivity index is 1.69. The topological polar surface area (TPSA) is 85.8 Å². The van der Waals surface area contributed by atoms with Crippen molar-refractivity contribution in [2.75, 3.05) is 0 Å². The van der Waals surface area contributed by atoms with Crippen LogP contribution < -0.4 is 11.1 Å². The van der Waals surface area contributed by atoms with Gasteiger partial charge in [-0.25, -0.2) is 0 Å². The fourth-order valence-electron chi connectivity index (χ4n) is 2.95. The van der Waals surface area contributed by atoms with E-state index in [1.807, 2.05) is 24.3 Å². The second kappa shape index (κ2) is 7.03. The Morgan fingerprint density at radius 1 is 1.29 bits per heavy atom. The summed E-state index contributed by atoms with van der Waals surface area (Å²) in [6.07, 6.45) is 4.43. The quantitative estimate of drug-likeness (QED) is 0.836. The molecule has 1 aliphatic heterocycles. The summed E-state index contributed by atoms with van der Waals surface area (Å²) in [5, 5.41) is 11.4. The molecular weight excluding hydrogens is 370 g/mol. The molecule has 1 atom stereocenters. The number of carbonyl (C=O) groups is 1. The lowest BCUT2D eigenvalue weighted by Crippen LogP contribution is -2.48. The second-order valence-corrected chi connectivity index (χ2v) is 7.30. The predicted molar refractivity (Wildman–Crippen MR) is 95.1 cm³/mol. The van der Waals surface area contributed by atoms with Crippen LogP contribution in [0.15, 0.2) is 28.7 Å². The van der Waals surface area contributed by atoms with Crippen LogP contribution in [-0.4, -0.2) is 20.7 Å². The van der Waals surface area contributed by atoms with Crippen molar-refractivity contribution in [3.8, 4) is 0 Å². The molecule has 0 fully saturated rings. The summed E-state index contributed by atoms with van der Waals surface area (Å²) in [7, 11) is 0. The maximum Gasteiger partial charge on any atom is 0.244 e. The smallest absolute Gasteiger partial charge is 0.244 e. The van der Waals surface area contributed by atoms with Gasteiger partial charge in [-0.3, -0.25) is 4.79 Å². The van der Waals surface area contributed by atoms with Gasteiger partial charge in [-0.15, -0.1) is 10.2 Å². The fourth-order valence-corrected chi connectivity index (χ4v) is 3.21. The van der Waals surface area contributed by atoms with Crippen LogP contribution in [0.3, 0.4) is 0 Å². The van der Waals surface area contributed by atoms with E-state index in [0.717, 1.165) is 47.5 Å². The number of nitrogens with two attached hydrogens (primary N) is 1. The molecule has 6 nitrogen and oxygen atoms in total. The molecule has 7 heteroatoms. The molecule has 0 bridgehead atoms. The zero-order chi connectivity index (χ0) is 17.2. The Labute approximate surface area is 150 Å². The minimum Gasteiger partial charge on any atom is -0.347 e. The summed E-state index contributed by atoms with van der Waals surface area (Å²) in [4.78, 5) is 12.6. The number of carbonyl (C=O) groups excluding carboxylic acids is 1.